The lowest BCUT2D eigenvalue weighted by Crippen LogP contribution is -2.16. The quantitative estimate of drug-likeness (QED) is 0.207. The largest absolute Gasteiger partial charge is 0.493 e. The molecule has 0 radical (unpaired) electrons. The number of Topliss-reactive ketones (excluding diaryl/α,β-unsaturated/α-hetero) is 1. The smallest absolute Gasteiger partial charge is 0.311 e. The van der Waals surface area contributed by atoms with Gasteiger partial charge in [-0.15, -0.1) is 0 Å². The van der Waals surface area contributed by atoms with Crippen LogP contribution in [0.2, 0.25) is 0 Å². The Morgan fingerprint density at radius 1 is 0.939 bits per heavy atom. The van der Waals surface area contributed by atoms with E-state index in [1.54, 1.807) is 24.3 Å². The lowest BCUT2D eigenvalue weighted by atomic mass is 9.96. The predicted molar refractivity (Wildman–Crippen MR) is 129 cm³/mol. The van der Waals surface area contributed by atoms with Crippen LogP contribution in [0.3, 0.4) is 0 Å². The Morgan fingerprint density at radius 2 is 1.58 bits per heavy atom. The highest BCUT2D eigenvalue weighted by molar-refractivity contribution is 9.10. The van der Waals surface area contributed by atoms with Gasteiger partial charge in [0.15, 0.2) is 23.0 Å². The summed E-state index contributed by atoms with van der Waals surface area (Å²) in [5, 5.41) is 14.9. The summed E-state index contributed by atoms with van der Waals surface area (Å²) in [5.41, 5.74) is 1.62. The SMILES string of the molecule is COc1ccc(C(=O)CC(Nc2ccc(Br)cc2)c2ccc(OC)c([N+](=O)[O-])c2)cc1OC. The van der Waals surface area contributed by atoms with E-state index in [0.717, 1.165) is 10.2 Å². The average molecular weight is 515 g/mol. The van der Waals surface area contributed by atoms with Crippen molar-refractivity contribution >= 4 is 33.1 Å². The van der Waals surface area contributed by atoms with E-state index in [0.29, 0.717) is 22.6 Å². The molecular formula is C24H23BrN2O6. The van der Waals surface area contributed by atoms with Crippen molar-refractivity contribution in [3.05, 3.63) is 86.4 Å². The molecule has 1 atom stereocenters. The number of ether oxygens (including phenoxy) is 3. The van der Waals surface area contributed by atoms with Crippen molar-refractivity contribution in [2.75, 3.05) is 26.6 Å². The van der Waals surface area contributed by atoms with Gasteiger partial charge >= 0.3 is 5.69 Å². The van der Waals surface area contributed by atoms with Gasteiger partial charge in [-0.25, -0.2) is 0 Å². The third-order valence-electron chi connectivity index (χ3n) is 5.08. The van der Waals surface area contributed by atoms with Gasteiger partial charge in [0.1, 0.15) is 0 Å². The molecule has 0 fully saturated rings. The van der Waals surface area contributed by atoms with E-state index in [1.165, 1.54) is 33.5 Å². The lowest BCUT2D eigenvalue weighted by Gasteiger charge is -2.21. The zero-order valence-electron chi connectivity index (χ0n) is 18.3. The Bertz CT molecular complexity index is 1150. The van der Waals surface area contributed by atoms with Crippen LogP contribution in [0.25, 0.3) is 0 Å². The highest BCUT2D eigenvalue weighted by atomic mass is 79.9. The first kappa shape index (κ1) is 24.1. The number of anilines is 1. The van der Waals surface area contributed by atoms with Crippen molar-refractivity contribution in [2.45, 2.75) is 12.5 Å². The predicted octanol–water partition coefficient (Wildman–Crippen LogP) is 5.81. The highest BCUT2D eigenvalue weighted by Gasteiger charge is 2.23. The molecule has 0 aliphatic heterocycles. The zero-order chi connectivity index (χ0) is 24.0. The lowest BCUT2D eigenvalue weighted by molar-refractivity contribution is -0.385. The fourth-order valence-corrected chi connectivity index (χ4v) is 3.64. The standard InChI is InChI=1S/C24H23BrN2O6/c1-31-22-10-4-15(12-20(22)27(29)30)19(26-18-8-6-17(25)7-9-18)14-21(28)16-5-11-23(32-2)24(13-16)33-3/h4-13,19,26H,14H2,1-3H3. The van der Waals surface area contributed by atoms with Gasteiger partial charge in [-0.3, -0.25) is 14.9 Å². The topological polar surface area (TPSA) is 99.9 Å². The van der Waals surface area contributed by atoms with Crippen molar-refractivity contribution in [2.24, 2.45) is 0 Å². The zero-order valence-corrected chi connectivity index (χ0v) is 19.9. The number of rotatable bonds is 10. The van der Waals surface area contributed by atoms with E-state index < -0.39 is 11.0 Å². The highest BCUT2D eigenvalue weighted by Crippen LogP contribution is 2.34. The molecule has 33 heavy (non-hydrogen) atoms. The Morgan fingerprint density at radius 3 is 2.18 bits per heavy atom. The van der Waals surface area contributed by atoms with Crippen molar-refractivity contribution in [3.63, 3.8) is 0 Å². The molecule has 3 aromatic carbocycles. The average Bonchev–Trinajstić information content (AvgIpc) is 2.83. The first-order chi connectivity index (χ1) is 15.9. The Hall–Kier alpha value is -3.59. The van der Waals surface area contributed by atoms with Crippen molar-refractivity contribution in [1.29, 1.82) is 0 Å². The summed E-state index contributed by atoms with van der Waals surface area (Å²) < 4.78 is 16.6. The van der Waals surface area contributed by atoms with Gasteiger partial charge in [-0.2, -0.15) is 0 Å². The van der Waals surface area contributed by atoms with Crippen LogP contribution in [0.5, 0.6) is 17.2 Å². The molecule has 0 spiro atoms. The molecule has 0 saturated carbocycles. The Kier molecular flexibility index (Phi) is 7.89. The molecule has 3 rings (SSSR count). The third-order valence-corrected chi connectivity index (χ3v) is 5.61. The normalized spacial score (nSPS) is 11.4. The molecule has 0 aliphatic rings. The fourth-order valence-electron chi connectivity index (χ4n) is 3.38. The summed E-state index contributed by atoms with van der Waals surface area (Å²) in [5.74, 6) is 0.951. The molecule has 0 aromatic heterocycles. The van der Waals surface area contributed by atoms with Crippen LogP contribution in [0.15, 0.2) is 65.1 Å². The molecule has 0 bridgehead atoms. The third kappa shape index (κ3) is 5.81. The maximum atomic E-state index is 13.2. The molecule has 3 aromatic rings. The maximum absolute atomic E-state index is 13.2. The minimum Gasteiger partial charge on any atom is -0.493 e. The number of ketones is 1. The van der Waals surface area contributed by atoms with Gasteiger partial charge in [-0.1, -0.05) is 22.0 Å². The van der Waals surface area contributed by atoms with Gasteiger partial charge in [0.2, 0.25) is 0 Å². The second kappa shape index (κ2) is 10.8. The van der Waals surface area contributed by atoms with Crippen LogP contribution in [-0.4, -0.2) is 32.0 Å². The molecular weight excluding hydrogens is 492 g/mol. The summed E-state index contributed by atoms with van der Waals surface area (Å²) in [6.07, 6.45) is 0.0506. The molecule has 0 saturated heterocycles. The van der Waals surface area contributed by atoms with E-state index in [-0.39, 0.29) is 23.6 Å². The van der Waals surface area contributed by atoms with Gasteiger partial charge in [-0.05, 0) is 54.1 Å². The summed E-state index contributed by atoms with van der Waals surface area (Å²) in [6, 6.07) is 16.5. The van der Waals surface area contributed by atoms with Crippen LogP contribution in [-0.2, 0) is 0 Å². The second-order valence-corrected chi connectivity index (χ2v) is 8.00. The Labute approximate surface area is 199 Å². The molecule has 1 N–H and O–H groups in total. The molecule has 1 unspecified atom stereocenters. The second-order valence-electron chi connectivity index (χ2n) is 7.09. The van der Waals surface area contributed by atoms with E-state index in [9.17, 15) is 14.9 Å². The number of methoxy groups -OCH3 is 3. The van der Waals surface area contributed by atoms with Crippen LogP contribution < -0.4 is 19.5 Å². The fraction of sp³-hybridized carbons (Fsp3) is 0.208. The first-order valence-electron chi connectivity index (χ1n) is 9.96. The molecule has 0 amide bonds. The number of nitrogens with zero attached hydrogens (tertiary/aromatic N) is 1. The van der Waals surface area contributed by atoms with E-state index in [4.69, 9.17) is 14.2 Å². The van der Waals surface area contributed by atoms with Crippen molar-refractivity contribution < 1.29 is 23.9 Å². The van der Waals surface area contributed by atoms with Gasteiger partial charge in [0.05, 0.1) is 32.3 Å². The van der Waals surface area contributed by atoms with Crippen LogP contribution in [0.1, 0.15) is 28.4 Å². The van der Waals surface area contributed by atoms with Crippen molar-refractivity contribution in [1.82, 2.24) is 0 Å². The number of hydrogen-bond acceptors (Lipinski definition) is 7. The van der Waals surface area contributed by atoms with Crippen LogP contribution >= 0.6 is 15.9 Å². The maximum Gasteiger partial charge on any atom is 0.311 e. The van der Waals surface area contributed by atoms with Gasteiger partial charge in [0.25, 0.3) is 0 Å². The molecule has 0 aliphatic carbocycles. The van der Waals surface area contributed by atoms with Gasteiger partial charge < -0.3 is 19.5 Å². The van der Waals surface area contributed by atoms with E-state index >= 15 is 0 Å². The molecule has 0 heterocycles. The number of nitro benzene ring substituents is 1. The number of benzene rings is 3. The minimum atomic E-state index is -0.531. The van der Waals surface area contributed by atoms with Crippen molar-refractivity contribution in [3.8, 4) is 17.2 Å². The van der Waals surface area contributed by atoms with Gasteiger partial charge in [0, 0.05) is 28.2 Å². The molecule has 9 heteroatoms. The van der Waals surface area contributed by atoms with Crippen LogP contribution in [0, 0.1) is 10.1 Å². The number of carbonyl (C=O) groups is 1. The van der Waals surface area contributed by atoms with E-state index in [1.807, 2.05) is 24.3 Å². The first-order valence-corrected chi connectivity index (χ1v) is 10.7. The number of carbonyl (C=O) groups excluding carboxylic acids is 1. The van der Waals surface area contributed by atoms with Crippen LogP contribution in [0.4, 0.5) is 11.4 Å². The van der Waals surface area contributed by atoms with E-state index in [2.05, 4.69) is 21.2 Å². The number of hydrogen-bond donors (Lipinski definition) is 1. The summed E-state index contributed by atoms with van der Waals surface area (Å²) in [6.45, 7) is 0. The number of nitrogens with one attached hydrogen (secondary N) is 1. The summed E-state index contributed by atoms with van der Waals surface area (Å²) in [7, 11) is 4.40. The molecule has 172 valence electrons. The summed E-state index contributed by atoms with van der Waals surface area (Å²) in [4.78, 5) is 24.2. The minimum absolute atomic E-state index is 0.0506. The Balaban J connectivity index is 1.97. The monoisotopic (exact) mass is 514 g/mol. The number of halogens is 1. The number of nitro groups is 1. The molecule has 8 nitrogen and oxygen atoms in total. The summed E-state index contributed by atoms with van der Waals surface area (Å²) >= 11 is 3.40.